The summed E-state index contributed by atoms with van der Waals surface area (Å²) in [5.74, 6) is 1.14. The van der Waals surface area contributed by atoms with Gasteiger partial charge in [-0.05, 0) is 39.2 Å². The van der Waals surface area contributed by atoms with Gasteiger partial charge in [-0.15, -0.1) is 0 Å². The molecule has 0 saturated carbocycles. The van der Waals surface area contributed by atoms with Crippen LogP contribution in [0.1, 0.15) is 24.4 Å². The van der Waals surface area contributed by atoms with Crippen LogP contribution in [-0.4, -0.2) is 88.8 Å². The third-order valence-electron chi connectivity index (χ3n) is 7.97. The number of nitro groups is 1. The summed E-state index contributed by atoms with van der Waals surface area (Å²) in [5, 5.41) is 13.6. The molecule has 1 aliphatic carbocycles. The van der Waals surface area contributed by atoms with Gasteiger partial charge in [0.05, 0.1) is 42.2 Å². The topological polar surface area (TPSA) is 138 Å². The molecule has 0 fully saturated rings. The Morgan fingerprint density at radius 3 is 2.68 bits per heavy atom. The van der Waals surface area contributed by atoms with Crippen LogP contribution in [0.3, 0.4) is 0 Å². The third-order valence-corrected chi connectivity index (χ3v) is 7.97. The van der Waals surface area contributed by atoms with E-state index in [4.69, 9.17) is 20.2 Å². The number of para-hydroxylation sites is 1. The summed E-state index contributed by atoms with van der Waals surface area (Å²) < 4.78 is 13.4. The third kappa shape index (κ3) is 4.98. The molecule has 2 aromatic heterocycles. The molecular weight excluding hydrogens is 524 g/mol. The van der Waals surface area contributed by atoms with Gasteiger partial charge in [0, 0.05) is 43.5 Å². The average Bonchev–Trinajstić information content (AvgIpc) is 3.28. The smallest absolute Gasteiger partial charge is 0.276 e. The minimum absolute atomic E-state index is 0.0976. The van der Waals surface area contributed by atoms with Crippen molar-refractivity contribution in [2.24, 2.45) is 12.8 Å². The van der Waals surface area contributed by atoms with E-state index in [2.05, 4.69) is 26.7 Å². The number of hydrogen-bond acceptors (Lipinski definition) is 10. The van der Waals surface area contributed by atoms with Crippen molar-refractivity contribution in [2.75, 3.05) is 54.6 Å². The molecule has 0 spiro atoms. The van der Waals surface area contributed by atoms with Crippen molar-refractivity contribution in [3.8, 4) is 11.4 Å². The number of aryl methyl sites for hydroxylation is 1. The van der Waals surface area contributed by atoms with E-state index in [0.717, 1.165) is 34.2 Å². The Kier molecular flexibility index (Phi) is 7.89. The summed E-state index contributed by atoms with van der Waals surface area (Å²) in [6.45, 7) is 2.32. The highest BCUT2D eigenvalue weighted by Gasteiger charge is 2.53. The lowest BCUT2D eigenvalue weighted by Gasteiger charge is -2.40. The monoisotopic (exact) mass is 560 g/mol. The molecule has 1 aromatic carbocycles. The summed E-state index contributed by atoms with van der Waals surface area (Å²) in [7, 11) is 9.30. The number of fused-ring (bicyclic) bond motifs is 1. The molecular formula is C29H36N8O4. The van der Waals surface area contributed by atoms with E-state index in [9.17, 15) is 10.1 Å². The van der Waals surface area contributed by atoms with Crippen LogP contribution in [0.5, 0.6) is 0 Å². The normalized spacial score (nSPS) is 19.6. The van der Waals surface area contributed by atoms with E-state index >= 15 is 0 Å². The molecule has 3 aromatic rings. The number of nitrogens with zero attached hydrogens (tertiary/aromatic N) is 7. The summed E-state index contributed by atoms with van der Waals surface area (Å²) in [5.41, 5.74) is 8.98. The van der Waals surface area contributed by atoms with Crippen LogP contribution in [0.15, 0.2) is 59.9 Å². The van der Waals surface area contributed by atoms with Gasteiger partial charge in [-0.3, -0.25) is 15.0 Å². The average molecular weight is 561 g/mol. The molecule has 41 heavy (non-hydrogen) atoms. The number of rotatable bonds is 9. The summed E-state index contributed by atoms with van der Waals surface area (Å²) in [6.07, 6.45) is 5.75. The van der Waals surface area contributed by atoms with E-state index in [1.54, 1.807) is 0 Å². The maximum Gasteiger partial charge on any atom is 0.276 e. The second-order valence-electron chi connectivity index (χ2n) is 10.6. The number of hydrogen-bond donors (Lipinski definition) is 1. The first-order chi connectivity index (χ1) is 19.7. The molecule has 0 bridgehead atoms. The van der Waals surface area contributed by atoms with Crippen molar-refractivity contribution in [3.63, 3.8) is 0 Å². The van der Waals surface area contributed by atoms with E-state index in [1.165, 1.54) is 19.5 Å². The highest BCUT2D eigenvalue weighted by Crippen LogP contribution is 2.44. The van der Waals surface area contributed by atoms with Crippen molar-refractivity contribution in [2.45, 2.75) is 18.4 Å². The van der Waals surface area contributed by atoms with Gasteiger partial charge in [0.1, 0.15) is 12.1 Å². The van der Waals surface area contributed by atoms with Crippen molar-refractivity contribution in [3.05, 3.63) is 81.5 Å². The second kappa shape index (κ2) is 11.4. The van der Waals surface area contributed by atoms with Crippen LogP contribution >= 0.6 is 0 Å². The zero-order chi connectivity index (χ0) is 29.3. The van der Waals surface area contributed by atoms with E-state index in [-0.39, 0.29) is 23.6 Å². The van der Waals surface area contributed by atoms with Gasteiger partial charge >= 0.3 is 0 Å². The lowest BCUT2D eigenvalue weighted by Crippen LogP contribution is -2.52. The van der Waals surface area contributed by atoms with Crippen molar-refractivity contribution >= 4 is 16.5 Å². The van der Waals surface area contributed by atoms with Gasteiger partial charge in [0.2, 0.25) is 0 Å². The Labute approximate surface area is 238 Å². The molecule has 1 aliphatic heterocycles. The predicted octanol–water partition coefficient (Wildman–Crippen LogP) is 2.90. The fourth-order valence-corrected chi connectivity index (χ4v) is 5.76. The maximum atomic E-state index is 12.6. The fourth-order valence-electron chi connectivity index (χ4n) is 5.76. The quantitative estimate of drug-likeness (QED) is 0.307. The number of allylic oxidation sites excluding steroid dienone is 1. The summed E-state index contributed by atoms with van der Waals surface area (Å²) >= 11 is 0. The molecule has 12 nitrogen and oxygen atoms in total. The number of benzene rings is 1. The predicted molar refractivity (Wildman–Crippen MR) is 156 cm³/mol. The maximum absolute atomic E-state index is 12.6. The minimum atomic E-state index is -1.35. The van der Waals surface area contributed by atoms with E-state index in [0.29, 0.717) is 37.9 Å². The first kappa shape index (κ1) is 28.4. The van der Waals surface area contributed by atoms with Gasteiger partial charge in [0.25, 0.3) is 5.70 Å². The number of aromatic nitrogens is 4. The lowest BCUT2D eigenvalue weighted by molar-refractivity contribution is -0.442. The van der Waals surface area contributed by atoms with Crippen LogP contribution < -0.4 is 5.73 Å². The minimum Gasteiger partial charge on any atom is -0.499 e. The van der Waals surface area contributed by atoms with Gasteiger partial charge in [-0.25, -0.2) is 15.0 Å². The fraction of sp³-hybridized carbons (Fsp3) is 0.414. The molecule has 3 heterocycles. The first-order valence-electron chi connectivity index (χ1n) is 13.5. The van der Waals surface area contributed by atoms with Crippen LogP contribution in [0, 0.1) is 10.1 Å². The molecule has 2 N–H and O–H groups in total. The molecule has 216 valence electrons. The molecule has 1 unspecified atom stereocenters. The Bertz CT molecular complexity index is 1570. The Balaban J connectivity index is 1.75. The van der Waals surface area contributed by atoms with Crippen LogP contribution in [0.25, 0.3) is 27.9 Å². The number of likely N-dealkylation sites (N-methyl/N-ethyl adjacent to an activating group) is 2. The van der Waals surface area contributed by atoms with Crippen LogP contribution in [0.4, 0.5) is 0 Å². The highest BCUT2D eigenvalue weighted by molar-refractivity contribution is 6.01. The summed E-state index contributed by atoms with van der Waals surface area (Å²) in [6, 6.07) is 8.10. The number of methoxy groups -OCH3 is 1. The van der Waals surface area contributed by atoms with Crippen LogP contribution in [-0.2, 0) is 22.1 Å². The lowest BCUT2D eigenvalue weighted by atomic mass is 9.82. The second-order valence-corrected chi connectivity index (χ2v) is 10.6. The van der Waals surface area contributed by atoms with E-state index < -0.39 is 10.5 Å². The Hall–Kier alpha value is -4.13. The van der Waals surface area contributed by atoms with Gasteiger partial charge in [-0.2, -0.15) is 0 Å². The number of nitrogens with two attached hydrogens (primary N) is 1. The van der Waals surface area contributed by atoms with E-state index in [1.807, 2.05) is 56.2 Å². The van der Waals surface area contributed by atoms with Crippen molar-refractivity contribution < 1.29 is 14.4 Å². The highest BCUT2D eigenvalue weighted by atomic mass is 16.6. The Morgan fingerprint density at radius 2 is 2.00 bits per heavy atom. The molecule has 0 saturated heterocycles. The SMILES string of the molecule is COC1=C(N)C=C([N+](=O)[O-])C(c2ncnc(-c3c(C4=CCOCC4)n(C)c4ccccc34)n2)(N(C)CCN(C)C)C1. The van der Waals surface area contributed by atoms with Crippen molar-refractivity contribution in [1.82, 2.24) is 29.3 Å². The molecule has 12 heteroatoms. The molecule has 1 atom stereocenters. The summed E-state index contributed by atoms with van der Waals surface area (Å²) in [4.78, 5) is 30.4. The largest absolute Gasteiger partial charge is 0.499 e. The number of ether oxygens (including phenoxy) is 2. The standard InChI is InChI=1S/C29H36N8O4/c1-34(2)12-13-35(3)29(17-23(40-5)21(30)16-24(29)37(38)39)28-32-18-31-27(33-28)25-20-8-6-7-9-22(20)36(4)26(25)19-10-14-41-15-11-19/h6-10,16,18H,11-15,17,30H2,1-5H3. The molecule has 0 radical (unpaired) electrons. The van der Waals surface area contributed by atoms with Crippen LogP contribution in [0.2, 0.25) is 0 Å². The molecule has 0 amide bonds. The van der Waals surface area contributed by atoms with Crippen molar-refractivity contribution in [1.29, 1.82) is 0 Å². The zero-order valence-electron chi connectivity index (χ0n) is 24.1. The first-order valence-corrected chi connectivity index (χ1v) is 13.5. The Morgan fingerprint density at radius 1 is 1.22 bits per heavy atom. The molecule has 2 aliphatic rings. The zero-order valence-corrected chi connectivity index (χ0v) is 24.1. The van der Waals surface area contributed by atoms with Gasteiger partial charge in [-0.1, -0.05) is 24.3 Å². The van der Waals surface area contributed by atoms with Gasteiger partial charge < -0.3 is 24.7 Å². The molecule has 5 rings (SSSR count). The van der Waals surface area contributed by atoms with Gasteiger partial charge in [0.15, 0.2) is 17.2 Å².